The first-order valence-corrected chi connectivity index (χ1v) is 6.65. The van der Waals surface area contributed by atoms with E-state index in [1.54, 1.807) is 0 Å². The van der Waals surface area contributed by atoms with Crippen molar-refractivity contribution < 1.29 is 5.11 Å². The maximum absolute atomic E-state index is 9.03. The fourth-order valence-corrected chi connectivity index (χ4v) is 2.16. The quantitative estimate of drug-likeness (QED) is 0.527. The summed E-state index contributed by atoms with van der Waals surface area (Å²) in [4.78, 5) is 0. The highest BCUT2D eigenvalue weighted by atomic mass is 16.3. The number of aliphatic hydroxyl groups is 1. The first-order valence-electron chi connectivity index (χ1n) is 6.65. The number of aliphatic hydroxyl groups excluding tert-OH is 1. The van der Waals surface area contributed by atoms with Crippen molar-refractivity contribution in [1.82, 2.24) is 5.32 Å². The molecule has 2 heteroatoms. The van der Waals surface area contributed by atoms with Gasteiger partial charge in [-0.1, -0.05) is 23.3 Å². The molecule has 0 spiro atoms. The van der Waals surface area contributed by atoms with E-state index in [-0.39, 0.29) is 12.1 Å². The Labute approximate surface area is 106 Å². The third kappa shape index (κ3) is 5.05. The van der Waals surface area contributed by atoms with Gasteiger partial charge < -0.3 is 10.4 Å². The van der Waals surface area contributed by atoms with Crippen LogP contribution in [-0.2, 0) is 0 Å². The SMILES string of the molecule is CC(C)=CCC/C(C)=C/CCC1(C)NC1CO. The predicted octanol–water partition coefficient (Wildman–Crippen LogP) is 3.18. The molecule has 1 fully saturated rings. The van der Waals surface area contributed by atoms with E-state index in [1.807, 2.05) is 0 Å². The lowest BCUT2D eigenvalue weighted by Crippen LogP contribution is -2.12. The summed E-state index contributed by atoms with van der Waals surface area (Å²) in [5.74, 6) is 0. The summed E-state index contributed by atoms with van der Waals surface area (Å²) in [6.45, 7) is 8.96. The van der Waals surface area contributed by atoms with E-state index in [1.165, 1.54) is 17.6 Å². The molecule has 1 aliphatic heterocycles. The molecule has 2 nitrogen and oxygen atoms in total. The first-order chi connectivity index (χ1) is 7.98. The Morgan fingerprint density at radius 3 is 2.47 bits per heavy atom. The predicted molar refractivity (Wildman–Crippen MR) is 74.1 cm³/mol. The third-order valence-electron chi connectivity index (χ3n) is 3.62. The van der Waals surface area contributed by atoms with Crippen LogP contribution in [0.3, 0.4) is 0 Å². The lowest BCUT2D eigenvalue weighted by Gasteiger charge is -2.06. The van der Waals surface area contributed by atoms with Gasteiger partial charge in [0.25, 0.3) is 0 Å². The largest absolute Gasteiger partial charge is 0.395 e. The molecule has 17 heavy (non-hydrogen) atoms. The molecule has 2 atom stereocenters. The second-order valence-electron chi connectivity index (χ2n) is 5.71. The molecule has 0 amide bonds. The maximum atomic E-state index is 9.03. The molecule has 0 radical (unpaired) electrons. The Kier molecular flexibility index (Phi) is 5.41. The number of nitrogens with one attached hydrogen (secondary N) is 1. The fraction of sp³-hybridized carbons (Fsp3) is 0.733. The summed E-state index contributed by atoms with van der Waals surface area (Å²) in [6.07, 6.45) is 9.19. The smallest absolute Gasteiger partial charge is 0.0602 e. The molecule has 0 bridgehead atoms. The van der Waals surface area contributed by atoms with E-state index in [4.69, 9.17) is 5.11 Å². The zero-order valence-electron chi connectivity index (χ0n) is 11.7. The molecule has 98 valence electrons. The van der Waals surface area contributed by atoms with Crippen molar-refractivity contribution in [2.75, 3.05) is 6.61 Å². The van der Waals surface area contributed by atoms with Gasteiger partial charge in [-0.05, 0) is 53.4 Å². The molecule has 0 aromatic heterocycles. The van der Waals surface area contributed by atoms with Crippen LogP contribution >= 0.6 is 0 Å². The molecule has 1 aliphatic rings. The summed E-state index contributed by atoms with van der Waals surface area (Å²) in [5.41, 5.74) is 3.07. The molecule has 2 N–H and O–H groups in total. The maximum Gasteiger partial charge on any atom is 0.0602 e. The van der Waals surface area contributed by atoms with Crippen LogP contribution in [0, 0.1) is 0 Å². The van der Waals surface area contributed by atoms with Crippen molar-refractivity contribution in [3.05, 3.63) is 23.3 Å². The molecule has 0 saturated carbocycles. The minimum absolute atomic E-state index is 0.186. The number of allylic oxidation sites excluding steroid dienone is 4. The standard InChI is InChI=1S/C15H27NO/c1-12(2)7-5-8-13(3)9-6-10-15(4)14(11-17)16-15/h7,9,14,16-17H,5-6,8,10-11H2,1-4H3/b13-9+. The van der Waals surface area contributed by atoms with Crippen molar-refractivity contribution in [3.63, 3.8) is 0 Å². The van der Waals surface area contributed by atoms with Crippen molar-refractivity contribution in [2.24, 2.45) is 0 Å². The Bertz CT molecular complexity index is 302. The highest BCUT2D eigenvalue weighted by Crippen LogP contribution is 2.30. The van der Waals surface area contributed by atoms with Crippen LogP contribution in [0.1, 0.15) is 53.4 Å². The number of hydrogen-bond acceptors (Lipinski definition) is 2. The van der Waals surface area contributed by atoms with Crippen LogP contribution in [-0.4, -0.2) is 23.3 Å². The van der Waals surface area contributed by atoms with Gasteiger partial charge in [-0.2, -0.15) is 0 Å². The fourth-order valence-electron chi connectivity index (χ4n) is 2.16. The average molecular weight is 237 g/mol. The molecular weight excluding hydrogens is 210 g/mol. The van der Waals surface area contributed by atoms with Crippen LogP contribution in [0.5, 0.6) is 0 Å². The van der Waals surface area contributed by atoms with Gasteiger partial charge in [0.1, 0.15) is 0 Å². The van der Waals surface area contributed by atoms with Gasteiger partial charge in [-0.3, -0.25) is 0 Å². The average Bonchev–Trinajstić information content (AvgIpc) is 2.89. The Hall–Kier alpha value is -0.600. The molecule has 2 unspecified atom stereocenters. The summed E-state index contributed by atoms with van der Waals surface area (Å²) in [7, 11) is 0. The Morgan fingerprint density at radius 2 is 1.94 bits per heavy atom. The molecule has 0 aromatic rings. The van der Waals surface area contributed by atoms with Crippen molar-refractivity contribution in [1.29, 1.82) is 0 Å². The highest BCUT2D eigenvalue weighted by molar-refractivity contribution is 5.12. The zero-order chi connectivity index (χ0) is 12.9. The number of hydrogen-bond donors (Lipinski definition) is 2. The Balaban J connectivity index is 2.18. The van der Waals surface area contributed by atoms with E-state index >= 15 is 0 Å². The zero-order valence-corrected chi connectivity index (χ0v) is 11.7. The van der Waals surface area contributed by atoms with E-state index in [9.17, 15) is 0 Å². The van der Waals surface area contributed by atoms with Crippen molar-refractivity contribution in [2.45, 2.75) is 65.0 Å². The second kappa shape index (κ2) is 6.36. The van der Waals surface area contributed by atoms with Crippen molar-refractivity contribution >= 4 is 0 Å². The normalized spacial score (nSPS) is 28.1. The van der Waals surface area contributed by atoms with Crippen LogP contribution in [0.25, 0.3) is 0 Å². The lowest BCUT2D eigenvalue weighted by atomic mass is 10.00. The van der Waals surface area contributed by atoms with Crippen LogP contribution in [0.2, 0.25) is 0 Å². The van der Waals surface area contributed by atoms with Gasteiger partial charge in [-0.25, -0.2) is 0 Å². The summed E-state index contributed by atoms with van der Waals surface area (Å²) >= 11 is 0. The van der Waals surface area contributed by atoms with E-state index in [2.05, 4.69) is 45.2 Å². The summed E-state index contributed by atoms with van der Waals surface area (Å²) < 4.78 is 0. The monoisotopic (exact) mass is 237 g/mol. The molecule has 1 saturated heterocycles. The first kappa shape index (κ1) is 14.5. The van der Waals surface area contributed by atoms with Crippen molar-refractivity contribution in [3.8, 4) is 0 Å². The molecule has 0 aliphatic carbocycles. The van der Waals surface area contributed by atoms with Crippen LogP contribution in [0.4, 0.5) is 0 Å². The molecular formula is C15H27NO. The minimum Gasteiger partial charge on any atom is -0.395 e. The van der Waals surface area contributed by atoms with Gasteiger partial charge in [0.05, 0.1) is 6.61 Å². The van der Waals surface area contributed by atoms with E-state index < -0.39 is 0 Å². The van der Waals surface area contributed by atoms with E-state index in [0.717, 1.165) is 19.3 Å². The summed E-state index contributed by atoms with van der Waals surface area (Å²) in [6, 6.07) is 0.321. The molecule has 1 rings (SSSR count). The van der Waals surface area contributed by atoms with Gasteiger partial charge >= 0.3 is 0 Å². The highest BCUT2D eigenvalue weighted by Gasteiger charge is 2.47. The van der Waals surface area contributed by atoms with Gasteiger partial charge in [0.2, 0.25) is 0 Å². The van der Waals surface area contributed by atoms with E-state index in [0.29, 0.717) is 6.04 Å². The van der Waals surface area contributed by atoms with Crippen LogP contribution < -0.4 is 5.32 Å². The van der Waals surface area contributed by atoms with Gasteiger partial charge in [0.15, 0.2) is 0 Å². The second-order valence-corrected chi connectivity index (χ2v) is 5.71. The Morgan fingerprint density at radius 1 is 1.24 bits per heavy atom. The van der Waals surface area contributed by atoms with Gasteiger partial charge in [-0.15, -0.1) is 0 Å². The number of rotatable bonds is 7. The summed E-state index contributed by atoms with van der Waals surface area (Å²) in [5, 5.41) is 12.4. The molecule has 0 aromatic carbocycles. The topological polar surface area (TPSA) is 42.2 Å². The van der Waals surface area contributed by atoms with Gasteiger partial charge in [0, 0.05) is 11.6 Å². The minimum atomic E-state index is 0.186. The third-order valence-corrected chi connectivity index (χ3v) is 3.62. The lowest BCUT2D eigenvalue weighted by molar-refractivity contribution is 0.288. The molecule has 1 heterocycles. The van der Waals surface area contributed by atoms with Crippen LogP contribution in [0.15, 0.2) is 23.3 Å².